The third-order valence-electron chi connectivity index (χ3n) is 2.40. The number of carboxylic acid groups (broad SMARTS) is 1. The third kappa shape index (κ3) is 3.21. The minimum atomic E-state index is -3.69. The average Bonchev–Trinajstić information content (AvgIpc) is 3.00. The molecule has 0 radical (unpaired) electrons. The van der Waals surface area contributed by atoms with E-state index < -0.39 is 16.0 Å². The van der Waals surface area contributed by atoms with E-state index in [-0.39, 0.29) is 15.8 Å². The van der Waals surface area contributed by atoms with Crippen LogP contribution in [0.2, 0.25) is 0 Å². The Bertz CT molecular complexity index is 673. The Labute approximate surface area is 118 Å². The van der Waals surface area contributed by atoms with Gasteiger partial charge in [-0.15, -0.1) is 22.7 Å². The van der Waals surface area contributed by atoms with Gasteiger partial charge < -0.3 is 5.11 Å². The van der Waals surface area contributed by atoms with Crippen LogP contribution in [0, 0.1) is 0 Å². The number of carboxylic acids is 1. The van der Waals surface area contributed by atoms with Gasteiger partial charge in [0, 0.05) is 10.3 Å². The van der Waals surface area contributed by atoms with Crippen molar-refractivity contribution in [1.82, 2.24) is 4.72 Å². The normalized spacial score (nSPS) is 13.3. The lowest BCUT2D eigenvalue weighted by atomic mass is 10.3. The second-order valence-electron chi connectivity index (χ2n) is 3.81. The van der Waals surface area contributed by atoms with Gasteiger partial charge in [-0.25, -0.2) is 17.9 Å². The maximum absolute atomic E-state index is 12.1. The Kier molecular flexibility index (Phi) is 4.04. The molecule has 0 bridgehead atoms. The monoisotopic (exact) mass is 317 g/mol. The second kappa shape index (κ2) is 5.41. The third-order valence-corrected chi connectivity index (χ3v) is 6.04. The van der Waals surface area contributed by atoms with Gasteiger partial charge in [0.1, 0.15) is 4.88 Å². The summed E-state index contributed by atoms with van der Waals surface area (Å²) in [7, 11) is -3.69. The Hall–Kier alpha value is -1.22. The number of nitrogens with one attached hydrogen (secondary N) is 1. The zero-order chi connectivity index (χ0) is 14.0. The van der Waals surface area contributed by atoms with Crippen LogP contribution in [-0.4, -0.2) is 19.5 Å². The van der Waals surface area contributed by atoms with Gasteiger partial charge in [-0.05, 0) is 24.4 Å². The van der Waals surface area contributed by atoms with Gasteiger partial charge in [0.25, 0.3) is 0 Å². The number of aromatic carboxylic acids is 1. The Balaban J connectivity index is 2.20. The highest BCUT2D eigenvalue weighted by Crippen LogP contribution is 2.23. The van der Waals surface area contributed by atoms with Gasteiger partial charge in [0.15, 0.2) is 0 Å². The lowest BCUT2D eigenvalue weighted by Gasteiger charge is -2.11. The van der Waals surface area contributed by atoms with Gasteiger partial charge in [0.2, 0.25) is 10.0 Å². The molecule has 0 aliphatic rings. The molecule has 0 spiro atoms. The molecule has 8 heteroatoms. The Morgan fingerprint density at radius 3 is 2.68 bits per heavy atom. The first-order chi connectivity index (χ1) is 8.90. The molecule has 2 heterocycles. The lowest BCUT2D eigenvalue weighted by Crippen LogP contribution is -2.26. The van der Waals surface area contributed by atoms with E-state index in [0.717, 1.165) is 22.3 Å². The van der Waals surface area contributed by atoms with Crippen LogP contribution in [0.5, 0.6) is 0 Å². The second-order valence-corrected chi connectivity index (χ2v) is 7.41. The molecule has 2 aromatic rings. The molecule has 0 aliphatic heterocycles. The van der Waals surface area contributed by atoms with E-state index in [9.17, 15) is 13.2 Å². The average molecular weight is 317 g/mol. The van der Waals surface area contributed by atoms with E-state index in [0.29, 0.717) is 0 Å². The Morgan fingerprint density at radius 2 is 2.16 bits per heavy atom. The summed E-state index contributed by atoms with van der Waals surface area (Å²) in [5.74, 6) is -1.13. The van der Waals surface area contributed by atoms with Crippen molar-refractivity contribution in [2.45, 2.75) is 17.9 Å². The van der Waals surface area contributed by atoms with Crippen LogP contribution in [0.1, 0.15) is 27.5 Å². The molecule has 0 unspecified atom stereocenters. The van der Waals surface area contributed by atoms with Crippen molar-refractivity contribution in [3.8, 4) is 0 Å². The largest absolute Gasteiger partial charge is 0.477 e. The predicted molar refractivity (Wildman–Crippen MR) is 74.3 cm³/mol. The van der Waals surface area contributed by atoms with Gasteiger partial charge in [-0.1, -0.05) is 6.07 Å². The minimum absolute atomic E-state index is 0.00384. The number of hydrogen-bond acceptors (Lipinski definition) is 5. The first kappa shape index (κ1) is 14.2. The molecule has 2 N–H and O–H groups in total. The van der Waals surface area contributed by atoms with Crippen LogP contribution in [0.15, 0.2) is 33.9 Å². The number of sulfonamides is 1. The summed E-state index contributed by atoms with van der Waals surface area (Å²) in [5.41, 5.74) is 0. The van der Waals surface area contributed by atoms with Crippen LogP contribution >= 0.6 is 22.7 Å². The van der Waals surface area contributed by atoms with Gasteiger partial charge in [-0.2, -0.15) is 0 Å². The smallest absolute Gasteiger partial charge is 0.345 e. The molecular weight excluding hydrogens is 306 g/mol. The maximum Gasteiger partial charge on any atom is 0.345 e. The van der Waals surface area contributed by atoms with Crippen LogP contribution in [0.4, 0.5) is 0 Å². The maximum atomic E-state index is 12.1. The van der Waals surface area contributed by atoms with Crippen LogP contribution in [-0.2, 0) is 10.0 Å². The molecule has 2 rings (SSSR count). The number of carbonyl (C=O) groups is 1. The molecule has 5 nitrogen and oxygen atoms in total. The summed E-state index contributed by atoms with van der Waals surface area (Å²) >= 11 is 2.35. The first-order valence-electron chi connectivity index (χ1n) is 5.28. The van der Waals surface area contributed by atoms with Gasteiger partial charge in [0.05, 0.1) is 10.9 Å². The fourth-order valence-electron chi connectivity index (χ4n) is 1.47. The molecule has 0 aliphatic carbocycles. The molecule has 0 saturated carbocycles. The van der Waals surface area contributed by atoms with Crippen molar-refractivity contribution in [3.05, 3.63) is 38.7 Å². The van der Waals surface area contributed by atoms with Crippen molar-refractivity contribution in [1.29, 1.82) is 0 Å². The molecule has 0 fully saturated rings. The Morgan fingerprint density at radius 1 is 1.42 bits per heavy atom. The minimum Gasteiger partial charge on any atom is -0.477 e. The molecule has 1 atom stereocenters. The summed E-state index contributed by atoms with van der Waals surface area (Å²) in [6.07, 6.45) is 0. The number of rotatable bonds is 5. The van der Waals surface area contributed by atoms with Crippen molar-refractivity contribution >= 4 is 38.7 Å². The van der Waals surface area contributed by atoms with Crippen LogP contribution in [0.3, 0.4) is 0 Å². The van der Waals surface area contributed by atoms with Crippen molar-refractivity contribution in [2.24, 2.45) is 0 Å². The predicted octanol–water partition coefficient (Wildman–Crippen LogP) is 2.55. The molecule has 2 aromatic heterocycles. The lowest BCUT2D eigenvalue weighted by molar-refractivity contribution is 0.0702. The zero-order valence-electron chi connectivity index (χ0n) is 9.86. The topological polar surface area (TPSA) is 83.5 Å². The van der Waals surface area contributed by atoms with E-state index >= 15 is 0 Å². The summed E-state index contributed by atoms with van der Waals surface area (Å²) < 4.78 is 26.7. The molecule has 102 valence electrons. The zero-order valence-corrected chi connectivity index (χ0v) is 12.3. The molecule has 0 amide bonds. The summed E-state index contributed by atoms with van der Waals surface area (Å²) in [5, 5.41) is 12.0. The summed E-state index contributed by atoms with van der Waals surface area (Å²) in [6.45, 7) is 1.74. The number of hydrogen-bond donors (Lipinski definition) is 2. The standard InChI is InChI=1S/C11H11NO4S3/c1-7(9-3-2-4-17-9)12-19(15,16)8-5-10(11(13)14)18-6-8/h2-7,12H,1H3,(H,13,14)/t7-/m1/s1. The quantitative estimate of drug-likeness (QED) is 0.887. The van der Waals surface area contributed by atoms with Crippen molar-refractivity contribution in [3.63, 3.8) is 0 Å². The molecule has 0 saturated heterocycles. The number of thiophene rings is 2. The van der Waals surface area contributed by atoms with Crippen molar-refractivity contribution in [2.75, 3.05) is 0 Å². The van der Waals surface area contributed by atoms with Crippen LogP contribution in [0.25, 0.3) is 0 Å². The van der Waals surface area contributed by atoms with Gasteiger partial charge >= 0.3 is 5.97 Å². The van der Waals surface area contributed by atoms with E-state index in [1.54, 1.807) is 6.92 Å². The first-order valence-corrected chi connectivity index (χ1v) is 8.52. The highest BCUT2D eigenvalue weighted by Gasteiger charge is 2.21. The van der Waals surface area contributed by atoms with E-state index in [1.807, 2.05) is 17.5 Å². The van der Waals surface area contributed by atoms with E-state index in [4.69, 9.17) is 5.11 Å². The summed E-state index contributed by atoms with van der Waals surface area (Å²) in [6, 6.07) is 4.50. The SMILES string of the molecule is C[C@@H](NS(=O)(=O)c1csc(C(=O)O)c1)c1cccs1. The highest BCUT2D eigenvalue weighted by molar-refractivity contribution is 7.89. The van der Waals surface area contributed by atoms with E-state index in [1.165, 1.54) is 16.7 Å². The van der Waals surface area contributed by atoms with Crippen molar-refractivity contribution < 1.29 is 18.3 Å². The van der Waals surface area contributed by atoms with Gasteiger partial charge in [-0.3, -0.25) is 0 Å². The van der Waals surface area contributed by atoms with Crippen LogP contribution < -0.4 is 4.72 Å². The van der Waals surface area contributed by atoms with E-state index in [2.05, 4.69) is 4.72 Å². The molecule has 0 aromatic carbocycles. The fourth-order valence-corrected chi connectivity index (χ4v) is 4.61. The summed E-state index contributed by atoms with van der Waals surface area (Å²) in [4.78, 5) is 11.6. The highest BCUT2D eigenvalue weighted by atomic mass is 32.2. The molecule has 19 heavy (non-hydrogen) atoms. The molecular formula is C11H11NO4S3. The fraction of sp³-hybridized carbons (Fsp3) is 0.182.